The lowest BCUT2D eigenvalue weighted by Crippen LogP contribution is -2.25. The first-order valence-electron chi connectivity index (χ1n) is 10.2. The number of anilines is 1. The average Bonchev–Trinajstić information content (AvgIpc) is 2.93. The van der Waals surface area contributed by atoms with Gasteiger partial charge in [0, 0.05) is 29.8 Å². The molecule has 0 bridgehead atoms. The van der Waals surface area contributed by atoms with Crippen LogP contribution in [0.1, 0.15) is 50.9 Å². The Balaban J connectivity index is 1.84. The van der Waals surface area contributed by atoms with Crippen molar-refractivity contribution in [2.24, 2.45) is 5.92 Å². The first kappa shape index (κ1) is 23.6. The van der Waals surface area contributed by atoms with Crippen LogP contribution in [0.4, 0.5) is 19.0 Å². The van der Waals surface area contributed by atoms with Gasteiger partial charge in [0.05, 0.1) is 16.7 Å². The van der Waals surface area contributed by atoms with Crippen LogP contribution in [0.2, 0.25) is 5.02 Å². The van der Waals surface area contributed by atoms with Gasteiger partial charge in [-0.2, -0.15) is 0 Å². The second kappa shape index (κ2) is 8.47. The van der Waals surface area contributed by atoms with Crippen LogP contribution in [0.25, 0.3) is 0 Å². The summed E-state index contributed by atoms with van der Waals surface area (Å²) in [6, 6.07) is 5.45. The Kier molecular flexibility index (Phi) is 6.45. The summed E-state index contributed by atoms with van der Waals surface area (Å²) in [5.41, 5.74) is 0.156. The maximum atomic E-state index is 14.5. The minimum Gasteiger partial charge on any atom is -0.371 e. The monoisotopic (exact) mass is 452 g/mol. The van der Waals surface area contributed by atoms with Crippen molar-refractivity contribution in [3.8, 4) is 0 Å². The van der Waals surface area contributed by atoms with E-state index in [-0.39, 0.29) is 22.9 Å². The second-order valence-corrected chi connectivity index (χ2v) is 9.70. The highest BCUT2D eigenvalue weighted by molar-refractivity contribution is 6.30. The van der Waals surface area contributed by atoms with Crippen molar-refractivity contribution in [2.45, 2.75) is 64.8 Å². The Morgan fingerprint density at radius 2 is 1.94 bits per heavy atom. The van der Waals surface area contributed by atoms with Gasteiger partial charge in [-0.25, -0.2) is 18.2 Å². The van der Waals surface area contributed by atoms with Gasteiger partial charge in [0.1, 0.15) is 23.1 Å². The number of aromatic nitrogens is 1. The fourth-order valence-corrected chi connectivity index (χ4v) is 4.19. The van der Waals surface area contributed by atoms with Crippen molar-refractivity contribution in [2.75, 3.05) is 5.32 Å². The number of nitrogens with zero attached hydrogens (tertiary/aromatic N) is 1. The van der Waals surface area contributed by atoms with Crippen LogP contribution in [0.3, 0.4) is 0 Å². The van der Waals surface area contributed by atoms with Gasteiger partial charge < -0.3 is 10.1 Å². The summed E-state index contributed by atoms with van der Waals surface area (Å²) >= 11 is 5.85. The zero-order valence-electron chi connectivity index (χ0n) is 18.5. The molecular weight excluding hydrogens is 425 g/mol. The number of benzene rings is 1. The number of aryl methyl sites for hydroxylation is 1. The largest absolute Gasteiger partial charge is 0.371 e. The summed E-state index contributed by atoms with van der Waals surface area (Å²) < 4.78 is 48.5. The Hall–Kier alpha value is -2.05. The number of ether oxygens (including phenoxy) is 1. The van der Waals surface area contributed by atoms with E-state index in [0.717, 1.165) is 6.07 Å². The minimum atomic E-state index is -1.51. The minimum absolute atomic E-state index is 0.132. The van der Waals surface area contributed by atoms with E-state index in [2.05, 4.69) is 16.9 Å². The van der Waals surface area contributed by atoms with E-state index in [4.69, 9.17) is 16.3 Å². The Labute approximate surface area is 186 Å². The molecule has 1 fully saturated rings. The molecule has 0 aliphatic carbocycles. The van der Waals surface area contributed by atoms with E-state index >= 15 is 0 Å². The van der Waals surface area contributed by atoms with E-state index in [1.54, 1.807) is 19.1 Å². The average molecular weight is 453 g/mol. The van der Waals surface area contributed by atoms with Crippen molar-refractivity contribution in [3.05, 3.63) is 70.0 Å². The highest BCUT2D eigenvalue weighted by Gasteiger charge is 2.42. The van der Waals surface area contributed by atoms with E-state index in [1.807, 2.05) is 13.8 Å². The molecule has 168 valence electrons. The third-order valence-corrected chi connectivity index (χ3v) is 5.81. The lowest BCUT2D eigenvalue weighted by Gasteiger charge is -2.23. The van der Waals surface area contributed by atoms with Gasteiger partial charge in [0.15, 0.2) is 0 Å². The van der Waals surface area contributed by atoms with Gasteiger partial charge in [-0.15, -0.1) is 0 Å². The van der Waals surface area contributed by atoms with Gasteiger partial charge in [-0.1, -0.05) is 18.2 Å². The summed E-state index contributed by atoms with van der Waals surface area (Å²) in [5, 5.41) is 3.06. The standard InChI is InChI=1S/C24H28ClF3N2O/c1-13-7-16(24(5,6)28)10-22(29-13)30-14(2)17-12-23(3,4)31-21(17)9-15-8-18(25)20(27)11-19(15)26/h7-8,10-11,17,21H,2,9,12H2,1,3-6H3,(H,29,30). The maximum absolute atomic E-state index is 14.5. The molecule has 2 unspecified atom stereocenters. The fourth-order valence-electron chi connectivity index (χ4n) is 4.00. The van der Waals surface area contributed by atoms with E-state index in [1.165, 1.54) is 19.9 Å². The number of halogens is 4. The molecule has 1 N–H and O–H groups in total. The lowest BCUT2D eigenvalue weighted by atomic mass is 9.89. The number of hydrogen-bond acceptors (Lipinski definition) is 3. The quantitative estimate of drug-likeness (QED) is 0.485. The molecule has 1 aromatic heterocycles. The molecule has 0 radical (unpaired) electrons. The van der Waals surface area contributed by atoms with Gasteiger partial charge >= 0.3 is 0 Å². The third kappa shape index (κ3) is 5.60. The molecule has 1 saturated heterocycles. The van der Waals surface area contributed by atoms with E-state index in [9.17, 15) is 13.2 Å². The summed E-state index contributed by atoms with van der Waals surface area (Å²) in [7, 11) is 0. The summed E-state index contributed by atoms with van der Waals surface area (Å²) in [5.74, 6) is -1.13. The van der Waals surface area contributed by atoms with Crippen molar-refractivity contribution in [3.63, 3.8) is 0 Å². The second-order valence-electron chi connectivity index (χ2n) is 9.29. The zero-order chi connectivity index (χ0) is 23.1. The Morgan fingerprint density at radius 3 is 2.58 bits per heavy atom. The highest BCUT2D eigenvalue weighted by atomic mass is 35.5. The van der Waals surface area contributed by atoms with E-state index in [0.29, 0.717) is 29.2 Å². The van der Waals surface area contributed by atoms with Crippen LogP contribution in [-0.4, -0.2) is 16.7 Å². The smallest absolute Gasteiger partial charge is 0.144 e. The molecule has 0 spiro atoms. The maximum Gasteiger partial charge on any atom is 0.144 e. The molecule has 31 heavy (non-hydrogen) atoms. The number of alkyl halides is 1. The predicted octanol–water partition coefficient (Wildman–Crippen LogP) is 6.88. The van der Waals surface area contributed by atoms with Gasteiger partial charge in [0.2, 0.25) is 0 Å². The molecule has 0 saturated carbocycles. The molecule has 0 amide bonds. The van der Waals surface area contributed by atoms with Gasteiger partial charge in [0.25, 0.3) is 0 Å². The Morgan fingerprint density at radius 1 is 1.26 bits per heavy atom. The number of hydrogen-bond donors (Lipinski definition) is 1. The van der Waals surface area contributed by atoms with Gasteiger partial charge in [-0.3, -0.25) is 0 Å². The molecule has 2 atom stereocenters. The molecule has 3 rings (SSSR count). The normalized spacial score (nSPS) is 20.7. The van der Waals surface area contributed by atoms with Crippen LogP contribution < -0.4 is 5.32 Å². The van der Waals surface area contributed by atoms with Crippen molar-refractivity contribution in [1.29, 1.82) is 0 Å². The first-order valence-corrected chi connectivity index (χ1v) is 10.6. The molecule has 2 aromatic rings. The molecule has 7 heteroatoms. The van der Waals surface area contributed by atoms with Crippen molar-refractivity contribution in [1.82, 2.24) is 4.98 Å². The lowest BCUT2D eigenvalue weighted by molar-refractivity contribution is -0.0186. The van der Waals surface area contributed by atoms with Crippen molar-refractivity contribution < 1.29 is 17.9 Å². The predicted molar refractivity (Wildman–Crippen MR) is 118 cm³/mol. The number of pyridine rings is 1. The van der Waals surface area contributed by atoms with Crippen LogP contribution in [0.5, 0.6) is 0 Å². The van der Waals surface area contributed by atoms with Crippen LogP contribution >= 0.6 is 11.6 Å². The van der Waals surface area contributed by atoms with Crippen LogP contribution in [0, 0.1) is 24.5 Å². The summed E-state index contributed by atoms with van der Waals surface area (Å²) in [4.78, 5) is 4.44. The summed E-state index contributed by atoms with van der Waals surface area (Å²) in [6.45, 7) is 12.9. The molecule has 2 heterocycles. The van der Waals surface area contributed by atoms with Crippen molar-refractivity contribution >= 4 is 17.4 Å². The number of nitrogens with one attached hydrogen (secondary N) is 1. The highest BCUT2D eigenvalue weighted by Crippen LogP contribution is 2.40. The zero-order valence-corrected chi connectivity index (χ0v) is 19.2. The van der Waals surface area contributed by atoms with Crippen LogP contribution in [-0.2, 0) is 16.8 Å². The Bertz CT molecular complexity index is 1000. The SMILES string of the molecule is C=C(Nc1cc(C(C)(C)F)cc(C)n1)C1CC(C)(C)OC1Cc1cc(Cl)c(F)cc1F. The van der Waals surface area contributed by atoms with Crippen LogP contribution in [0.15, 0.2) is 36.5 Å². The molecule has 3 nitrogen and oxygen atoms in total. The molecule has 1 aliphatic rings. The number of rotatable bonds is 6. The first-order chi connectivity index (χ1) is 14.2. The topological polar surface area (TPSA) is 34.2 Å². The fraction of sp³-hybridized carbons (Fsp3) is 0.458. The molecule has 1 aliphatic heterocycles. The third-order valence-electron chi connectivity index (χ3n) is 5.52. The van der Waals surface area contributed by atoms with Gasteiger partial charge in [-0.05, 0) is 70.4 Å². The summed E-state index contributed by atoms with van der Waals surface area (Å²) in [6.07, 6.45) is 0.464. The molecular formula is C24H28ClF3N2O. The molecule has 1 aromatic carbocycles. The van der Waals surface area contributed by atoms with E-state index < -0.39 is 29.0 Å².